The van der Waals surface area contributed by atoms with Crippen LogP contribution in [0.4, 0.5) is 9.18 Å². The lowest BCUT2D eigenvalue weighted by molar-refractivity contribution is 0.190. The van der Waals surface area contributed by atoms with Gasteiger partial charge in [0.25, 0.3) is 0 Å². The van der Waals surface area contributed by atoms with Crippen molar-refractivity contribution >= 4 is 6.03 Å². The van der Waals surface area contributed by atoms with Crippen LogP contribution in [-0.2, 0) is 6.42 Å². The molecule has 0 bridgehead atoms. The maximum atomic E-state index is 13.2. The number of carbonyl (C=O) groups excluding carboxylic acids is 1. The van der Waals surface area contributed by atoms with Crippen molar-refractivity contribution < 1.29 is 13.6 Å². The minimum atomic E-state index is -0.239. The van der Waals surface area contributed by atoms with Gasteiger partial charge >= 0.3 is 6.03 Å². The number of amides is 2. The summed E-state index contributed by atoms with van der Waals surface area (Å²) >= 11 is 0. The van der Waals surface area contributed by atoms with E-state index in [0.717, 1.165) is 24.2 Å². The van der Waals surface area contributed by atoms with Crippen LogP contribution in [0, 0.1) is 5.82 Å². The number of hydrogen-bond acceptors (Lipinski definition) is 2. The van der Waals surface area contributed by atoms with Crippen molar-refractivity contribution in [2.24, 2.45) is 0 Å². The lowest BCUT2D eigenvalue weighted by atomic mass is 10.1. The molecular formula is C18H21FN2O2. The first-order valence-corrected chi connectivity index (χ1v) is 7.98. The van der Waals surface area contributed by atoms with Gasteiger partial charge in [-0.2, -0.15) is 0 Å². The van der Waals surface area contributed by atoms with E-state index in [1.165, 1.54) is 12.1 Å². The van der Waals surface area contributed by atoms with Gasteiger partial charge in [-0.05, 0) is 56.0 Å². The fraction of sp³-hybridized carbons (Fsp3) is 0.389. The number of furan rings is 1. The smallest absolute Gasteiger partial charge is 0.318 e. The molecule has 2 amide bonds. The van der Waals surface area contributed by atoms with Crippen LogP contribution in [0.15, 0.2) is 47.1 Å². The molecule has 0 saturated heterocycles. The Kier molecular flexibility index (Phi) is 4.65. The van der Waals surface area contributed by atoms with Crippen molar-refractivity contribution in [1.82, 2.24) is 10.2 Å². The molecule has 1 aromatic carbocycles. The van der Waals surface area contributed by atoms with Crippen LogP contribution in [0.2, 0.25) is 0 Å². The van der Waals surface area contributed by atoms with E-state index in [1.54, 1.807) is 18.4 Å². The van der Waals surface area contributed by atoms with Crippen LogP contribution in [0.25, 0.3) is 0 Å². The van der Waals surface area contributed by atoms with E-state index in [0.29, 0.717) is 19.0 Å². The maximum absolute atomic E-state index is 13.2. The van der Waals surface area contributed by atoms with Gasteiger partial charge in [-0.3, -0.25) is 0 Å². The maximum Gasteiger partial charge on any atom is 0.318 e. The monoisotopic (exact) mass is 316 g/mol. The SMILES string of the molecule is CC(NC(=O)N(CCc1cccc(F)c1)C1CC1)c1ccco1. The highest BCUT2D eigenvalue weighted by atomic mass is 19.1. The Morgan fingerprint density at radius 3 is 2.87 bits per heavy atom. The Bertz CT molecular complexity index is 653. The van der Waals surface area contributed by atoms with Crippen LogP contribution in [0.1, 0.15) is 37.1 Å². The average molecular weight is 316 g/mol. The number of benzene rings is 1. The fourth-order valence-corrected chi connectivity index (χ4v) is 2.66. The van der Waals surface area contributed by atoms with Crippen molar-refractivity contribution in [2.75, 3.05) is 6.54 Å². The summed E-state index contributed by atoms with van der Waals surface area (Å²) in [6.45, 7) is 2.49. The highest BCUT2D eigenvalue weighted by molar-refractivity contribution is 5.75. The largest absolute Gasteiger partial charge is 0.467 e. The number of hydrogen-bond donors (Lipinski definition) is 1. The standard InChI is InChI=1S/C18H21FN2O2/c1-13(17-6-3-11-23-17)20-18(22)21(16-7-8-16)10-9-14-4-2-5-15(19)12-14/h2-6,11-13,16H,7-10H2,1H3,(H,20,22). The van der Waals surface area contributed by atoms with Crippen molar-refractivity contribution in [3.8, 4) is 0 Å². The third kappa shape index (κ3) is 4.12. The van der Waals surface area contributed by atoms with E-state index in [4.69, 9.17) is 4.42 Å². The van der Waals surface area contributed by atoms with Crippen molar-refractivity contribution in [3.05, 3.63) is 59.8 Å². The fourth-order valence-electron chi connectivity index (χ4n) is 2.66. The van der Waals surface area contributed by atoms with Crippen LogP contribution in [-0.4, -0.2) is 23.5 Å². The van der Waals surface area contributed by atoms with E-state index < -0.39 is 0 Å². The van der Waals surface area contributed by atoms with Crippen LogP contribution < -0.4 is 5.32 Å². The summed E-state index contributed by atoms with van der Waals surface area (Å²) in [7, 11) is 0. The summed E-state index contributed by atoms with van der Waals surface area (Å²) in [6, 6.07) is 10.2. The quantitative estimate of drug-likeness (QED) is 0.878. The molecule has 1 aliphatic rings. The highest BCUT2D eigenvalue weighted by Gasteiger charge is 2.33. The zero-order chi connectivity index (χ0) is 16.2. The van der Waals surface area contributed by atoms with Gasteiger partial charge in [-0.1, -0.05) is 12.1 Å². The number of carbonyl (C=O) groups is 1. The van der Waals surface area contributed by atoms with Crippen LogP contribution >= 0.6 is 0 Å². The van der Waals surface area contributed by atoms with Gasteiger partial charge in [0, 0.05) is 12.6 Å². The Labute approximate surface area is 135 Å². The minimum absolute atomic E-state index is 0.0900. The molecule has 1 unspecified atom stereocenters. The molecule has 1 aliphatic carbocycles. The Morgan fingerprint density at radius 2 is 2.22 bits per heavy atom. The molecule has 23 heavy (non-hydrogen) atoms. The summed E-state index contributed by atoms with van der Waals surface area (Å²) < 4.78 is 18.6. The number of urea groups is 1. The Hall–Kier alpha value is -2.30. The van der Waals surface area contributed by atoms with Crippen molar-refractivity contribution in [1.29, 1.82) is 0 Å². The second-order valence-corrected chi connectivity index (χ2v) is 5.99. The molecule has 1 aromatic heterocycles. The molecule has 0 radical (unpaired) electrons. The highest BCUT2D eigenvalue weighted by Crippen LogP contribution is 2.27. The number of halogens is 1. The van der Waals surface area contributed by atoms with E-state index in [1.807, 2.05) is 24.0 Å². The molecular weight excluding hydrogens is 295 g/mol. The second kappa shape index (κ2) is 6.86. The third-order valence-corrected chi connectivity index (χ3v) is 4.09. The van der Waals surface area contributed by atoms with Gasteiger partial charge in [0.05, 0.1) is 12.3 Å². The van der Waals surface area contributed by atoms with Gasteiger partial charge in [-0.15, -0.1) is 0 Å². The molecule has 1 fully saturated rings. The second-order valence-electron chi connectivity index (χ2n) is 5.99. The molecule has 3 rings (SSSR count). The van der Waals surface area contributed by atoms with Gasteiger partial charge in [0.1, 0.15) is 11.6 Å². The first kappa shape index (κ1) is 15.6. The molecule has 122 valence electrons. The van der Waals surface area contributed by atoms with Crippen LogP contribution in [0.3, 0.4) is 0 Å². The van der Waals surface area contributed by atoms with Crippen molar-refractivity contribution in [2.45, 2.75) is 38.3 Å². The lowest BCUT2D eigenvalue weighted by Gasteiger charge is -2.24. The van der Waals surface area contributed by atoms with E-state index in [9.17, 15) is 9.18 Å². The number of nitrogens with one attached hydrogen (secondary N) is 1. The summed E-state index contributed by atoms with van der Waals surface area (Å²) in [4.78, 5) is 14.4. The molecule has 1 saturated carbocycles. The summed E-state index contributed by atoms with van der Waals surface area (Å²) in [5, 5.41) is 2.97. The minimum Gasteiger partial charge on any atom is -0.467 e. The Morgan fingerprint density at radius 1 is 1.39 bits per heavy atom. The molecule has 1 N–H and O–H groups in total. The van der Waals surface area contributed by atoms with E-state index >= 15 is 0 Å². The molecule has 4 nitrogen and oxygen atoms in total. The summed E-state index contributed by atoms with van der Waals surface area (Å²) in [6.07, 6.45) is 4.31. The molecule has 0 spiro atoms. The molecule has 0 aliphatic heterocycles. The first-order valence-electron chi connectivity index (χ1n) is 7.98. The average Bonchev–Trinajstić information content (AvgIpc) is 3.20. The summed E-state index contributed by atoms with van der Waals surface area (Å²) in [5.41, 5.74) is 0.905. The van der Waals surface area contributed by atoms with Gasteiger partial charge in [-0.25, -0.2) is 9.18 Å². The van der Waals surface area contributed by atoms with Crippen LogP contribution in [0.5, 0.6) is 0 Å². The Balaban J connectivity index is 1.59. The normalized spacial score (nSPS) is 15.2. The first-order chi connectivity index (χ1) is 11.1. The van der Waals surface area contributed by atoms with Gasteiger partial charge in [0.2, 0.25) is 0 Å². The van der Waals surface area contributed by atoms with Gasteiger partial charge in [0.15, 0.2) is 0 Å². The van der Waals surface area contributed by atoms with Gasteiger partial charge < -0.3 is 14.6 Å². The van der Waals surface area contributed by atoms with E-state index in [-0.39, 0.29) is 17.9 Å². The number of rotatable bonds is 6. The molecule has 1 atom stereocenters. The zero-order valence-corrected chi connectivity index (χ0v) is 13.2. The topological polar surface area (TPSA) is 45.5 Å². The number of nitrogens with zero attached hydrogens (tertiary/aromatic N) is 1. The van der Waals surface area contributed by atoms with E-state index in [2.05, 4.69) is 5.32 Å². The predicted octanol–water partition coefficient (Wildman–Crippen LogP) is 3.90. The molecule has 1 heterocycles. The van der Waals surface area contributed by atoms with Crippen molar-refractivity contribution in [3.63, 3.8) is 0 Å². The molecule has 2 aromatic rings. The third-order valence-electron chi connectivity index (χ3n) is 4.09. The molecule has 5 heteroatoms. The summed E-state index contributed by atoms with van der Waals surface area (Å²) in [5.74, 6) is 0.496. The zero-order valence-electron chi connectivity index (χ0n) is 13.2. The lowest BCUT2D eigenvalue weighted by Crippen LogP contribution is -2.43. The predicted molar refractivity (Wildman–Crippen MR) is 85.5 cm³/mol.